The second-order valence-electron chi connectivity index (χ2n) is 15.8. The third-order valence-corrected chi connectivity index (χ3v) is 13.3. The Bertz CT molecular complexity index is 1020. The van der Waals surface area contributed by atoms with Crippen LogP contribution in [0.3, 0.4) is 0 Å². The van der Waals surface area contributed by atoms with Crippen LogP contribution in [0.25, 0.3) is 0 Å². The summed E-state index contributed by atoms with van der Waals surface area (Å²) in [4.78, 5) is 55.7. The van der Waals surface area contributed by atoms with Gasteiger partial charge >= 0.3 is 31.6 Å². The molecule has 8 atom stereocenters. The van der Waals surface area contributed by atoms with Gasteiger partial charge in [0.25, 0.3) is 0 Å². The van der Waals surface area contributed by atoms with Crippen LogP contribution in [0.4, 0.5) is 16.8 Å². The van der Waals surface area contributed by atoms with E-state index in [0.717, 1.165) is 0 Å². The number of hydrogen-bond acceptors (Lipinski definition) is 12. The molecule has 0 amide bonds. The first-order valence-corrected chi connectivity index (χ1v) is 32.3. The summed E-state index contributed by atoms with van der Waals surface area (Å²) in [6.45, 7) is 20.5. The van der Waals surface area contributed by atoms with Crippen LogP contribution in [0.5, 0.6) is 0 Å². The average molecular weight is 1220 g/mol. The molecule has 0 aliphatic carbocycles. The van der Waals surface area contributed by atoms with E-state index in [0.29, 0.717) is 0 Å². The lowest BCUT2D eigenvalue weighted by Crippen LogP contribution is -2.01. The summed E-state index contributed by atoms with van der Waals surface area (Å²) in [6.07, 6.45) is 22.3. The molecular formula is C32H88F4N8O12P12. The molecule has 0 radical (unpaired) electrons. The Kier molecular flexibility index (Phi) is 55.9. The highest BCUT2D eigenvalue weighted by atomic mass is 31.2. The molecule has 0 saturated carbocycles. The molecule has 36 heteroatoms. The summed E-state index contributed by atoms with van der Waals surface area (Å²) >= 11 is 0. The molecule has 0 aromatic rings. The minimum absolute atomic E-state index is 1.28. The molecule has 8 N–H and O–H groups in total. The summed E-state index contributed by atoms with van der Waals surface area (Å²) < 4.78 is 94.3. The van der Waals surface area contributed by atoms with Gasteiger partial charge < -0.3 is 0 Å². The SMILES string of the molecule is O=P(O)(O)F.O=P(O)(O)F.O=P(O)(O)F.O=P(O)(O)F.PN1CCCC1.PN1CCCC1.PN1CCCC1.PN1CCCC1.PN1CCCC1.PN1CCCC1.PN1CCCC1.PN1CCCC1. The monoisotopic (exact) mass is 1220 g/mol. The lowest BCUT2D eigenvalue weighted by Gasteiger charge is -2.00. The van der Waals surface area contributed by atoms with Gasteiger partial charge in [0.05, 0.1) is 0 Å². The Morgan fingerprint density at radius 3 is 0.279 bits per heavy atom. The highest BCUT2D eigenvalue weighted by Gasteiger charge is 2.09. The first kappa shape index (κ1) is 77.9. The molecule has 8 saturated heterocycles. The fraction of sp³-hybridized carbons (Fsp3) is 1.00. The summed E-state index contributed by atoms with van der Waals surface area (Å²) in [5, 5.41) is 0. The highest BCUT2D eigenvalue weighted by Crippen LogP contribution is 2.36. The minimum Gasteiger partial charge on any atom is -0.299 e. The van der Waals surface area contributed by atoms with Crippen LogP contribution in [0, 0.1) is 0 Å². The van der Waals surface area contributed by atoms with Gasteiger partial charge in [-0.05, 0) is 103 Å². The van der Waals surface area contributed by atoms with E-state index in [1.165, 1.54) is 207 Å². The van der Waals surface area contributed by atoms with E-state index < -0.39 is 31.6 Å². The fourth-order valence-corrected chi connectivity index (χ4v) is 8.85. The molecule has 68 heavy (non-hydrogen) atoms. The van der Waals surface area contributed by atoms with Gasteiger partial charge in [-0.25, -0.2) is 18.3 Å². The quantitative estimate of drug-likeness (QED) is 0.0883. The van der Waals surface area contributed by atoms with Crippen molar-refractivity contribution in [1.29, 1.82) is 0 Å². The zero-order valence-electron chi connectivity index (χ0n) is 39.3. The molecule has 8 unspecified atom stereocenters. The van der Waals surface area contributed by atoms with Gasteiger partial charge in [0.15, 0.2) is 0 Å². The van der Waals surface area contributed by atoms with Crippen LogP contribution >= 0.6 is 107 Å². The van der Waals surface area contributed by atoms with Gasteiger partial charge in [0, 0.05) is 105 Å². The molecule has 8 rings (SSSR count). The van der Waals surface area contributed by atoms with Gasteiger partial charge in [-0.15, -0.1) is 16.8 Å². The minimum atomic E-state index is -5.14. The van der Waals surface area contributed by atoms with Crippen LogP contribution in [0.2, 0.25) is 0 Å². The van der Waals surface area contributed by atoms with Crippen molar-refractivity contribution in [2.75, 3.05) is 105 Å². The van der Waals surface area contributed by atoms with Crippen molar-refractivity contribution in [3.63, 3.8) is 0 Å². The Labute approximate surface area is 424 Å². The lowest BCUT2D eigenvalue weighted by molar-refractivity contribution is 0.320. The smallest absolute Gasteiger partial charge is 0.299 e. The molecular weight excluding hydrogens is 1140 g/mol. The van der Waals surface area contributed by atoms with Gasteiger partial charge in [-0.1, -0.05) is 75.1 Å². The van der Waals surface area contributed by atoms with Crippen molar-refractivity contribution in [2.24, 2.45) is 0 Å². The van der Waals surface area contributed by atoms with Crippen LogP contribution in [-0.4, -0.2) is 181 Å². The van der Waals surface area contributed by atoms with E-state index in [1.54, 1.807) is 0 Å². The number of hydrogen-bond donors (Lipinski definition) is 8. The van der Waals surface area contributed by atoms with Crippen molar-refractivity contribution < 1.29 is 74.2 Å². The molecule has 416 valence electrons. The highest BCUT2D eigenvalue weighted by molar-refractivity contribution is 7.46. The average Bonchev–Trinajstić information content (AvgIpc) is 4.01. The van der Waals surface area contributed by atoms with Crippen molar-refractivity contribution in [1.82, 2.24) is 37.4 Å². The van der Waals surface area contributed by atoms with E-state index in [9.17, 15) is 16.8 Å². The zero-order chi connectivity index (χ0) is 53.2. The molecule has 0 bridgehead atoms. The van der Waals surface area contributed by atoms with Crippen molar-refractivity contribution in [2.45, 2.75) is 103 Å². The van der Waals surface area contributed by atoms with E-state index in [4.69, 9.17) is 57.4 Å². The Morgan fingerprint density at radius 1 is 0.221 bits per heavy atom. The summed E-state index contributed by atoms with van der Waals surface area (Å²) in [6, 6.07) is 0. The van der Waals surface area contributed by atoms with Gasteiger partial charge in [-0.3, -0.25) is 76.5 Å². The van der Waals surface area contributed by atoms with E-state index in [2.05, 4.69) is 112 Å². The Balaban J connectivity index is -0.000000329. The number of halogens is 4. The molecule has 8 aliphatic heterocycles. The first-order valence-electron chi connectivity index (χ1n) is 22.1. The van der Waals surface area contributed by atoms with Crippen LogP contribution in [0.1, 0.15) is 103 Å². The number of nitrogens with zero attached hydrogens (tertiary/aromatic N) is 8. The molecule has 20 nitrogen and oxygen atoms in total. The molecule has 8 aliphatic rings. The molecule has 0 spiro atoms. The summed E-state index contributed by atoms with van der Waals surface area (Å²) in [5.74, 6) is 0. The normalized spacial score (nSPS) is 21.5. The van der Waals surface area contributed by atoms with Gasteiger partial charge in [0.2, 0.25) is 0 Å². The van der Waals surface area contributed by atoms with Gasteiger partial charge in [-0.2, -0.15) is 0 Å². The van der Waals surface area contributed by atoms with Crippen molar-refractivity contribution in [3.8, 4) is 0 Å². The van der Waals surface area contributed by atoms with Crippen molar-refractivity contribution >= 4 is 107 Å². The summed E-state index contributed by atoms with van der Waals surface area (Å²) in [5.41, 5.74) is 0. The lowest BCUT2D eigenvalue weighted by atomic mass is 10.4. The fourth-order valence-electron chi connectivity index (χ4n) is 5.93. The largest absolute Gasteiger partial charge is 0.507 e. The third-order valence-electron chi connectivity index (χ3n) is 9.13. The maximum atomic E-state index is 10.4. The van der Waals surface area contributed by atoms with Crippen molar-refractivity contribution in [3.05, 3.63) is 0 Å². The second kappa shape index (κ2) is 48.8. The van der Waals surface area contributed by atoms with Gasteiger partial charge in [0.1, 0.15) is 0 Å². The van der Waals surface area contributed by atoms with Crippen LogP contribution in [0.15, 0.2) is 0 Å². The molecule has 0 aromatic heterocycles. The molecule has 0 aromatic carbocycles. The van der Waals surface area contributed by atoms with E-state index >= 15 is 0 Å². The van der Waals surface area contributed by atoms with Crippen LogP contribution in [-0.2, 0) is 18.3 Å². The summed E-state index contributed by atoms with van der Waals surface area (Å²) in [7, 11) is 1.09. The number of rotatable bonds is 0. The topological polar surface area (TPSA) is 256 Å². The molecule has 8 fully saturated rings. The second-order valence-corrected chi connectivity index (χ2v) is 25.5. The third kappa shape index (κ3) is 92.1. The predicted octanol–water partition coefficient (Wildman–Crippen LogP) is 7.17. The molecule has 8 heterocycles. The standard InChI is InChI=1S/8C4H10NP.4FH2O3P/c8*6-5-3-1-2-4-5;4*1-5(2,3)4/h8*1-4,6H2;4*(H2,2,3,4). The predicted molar refractivity (Wildman–Crippen MR) is 297 cm³/mol. The maximum Gasteiger partial charge on any atom is 0.507 e. The van der Waals surface area contributed by atoms with E-state index in [-0.39, 0.29) is 0 Å². The van der Waals surface area contributed by atoms with E-state index in [1.807, 2.05) is 0 Å². The Hall–Kier alpha value is 3.44. The van der Waals surface area contributed by atoms with Crippen LogP contribution < -0.4 is 0 Å². The Morgan fingerprint density at radius 2 is 0.265 bits per heavy atom. The first-order chi connectivity index (χ1) is 31.2. The maximum absolute atomic E-state index is 10.4. The zero-order valence-corrected chi connectivity index (χ0v) is 52.2.